The maximum atomic E-state index is 13.8. The van der Waals surface area contributed by atoms with Crippen molar-refractivity contribution in [1.82, 2.24) is 9.80 Å². The molecule has 1 aliphatic heterocycles. The van der Waals surface area contributed by atoms with Gasteiger partial charge in [-0.25, -0.2) is 0 Å². The third kappa shape index (κ3) is 5.31. The molecule has 1 fully saturated rings. The standard InChI is InChI=1S/C31H34N2O2S/c1-31(2,3)24-12-10-23(11-13-24)30-26-18-20-36-27(26)17-19-32(30)29(35)21-33(25-14-15-25)28(34)16-9-22-7-5-4-6-8-22/h4-13,16,18,20,25,30H,14-15,17,19,21H2,1-3H3. The second-order valence-electron chi connectivity index (χ2n) is 10.9. The highest BCUT2D eigenvalue weighted by Crippen LogP contribution is 2.39. The monoisotopic (exact) mass is 498 g/mol. The lowest BCUT2D eigenvalue weighted by molar-refractivity contribution is -0.140. The van der Waals surface area contributed by atoms with E-state index in [4.69, 9.17) is 0 Å². The van der Waals surface area contributed by atoms with Gasteiger partial charge in [-0.2, -0.15) is 0 Å². The van der Waals surface area contributed by atoms with Crippen LogP contribution in [-0.4, -0.2) is 40.7 Å². The largest absolute Gasteiger partial charge is 0.330 e. The summed E-state index contributed by atoms with van der Waals surface area (Å²) in [7, 11) is 0. The number of rotatable bonds is 6. The fourth-order valence-electron chi connectivity index (χ4n) is 4.95. The predicted octanol–water partition coefficient (Wildman–Crippen LogP) is 6.22. The van der Waals surface area contributed by atoms with Crippen LogP contribution in [0.4, 0.5) is 0 Å². The van der Waals surface area contributed by atoms with Gasteiger partial charge >= 0.3 is 0 Å². The lowest BCUT2D eigenvalue weighted by Crippen LogP contribution is -2.47. The zero-order valence-electron chi connectivity index (χ0n) is 21.3. The summed E-state index contributed by atoms with van der Waals surface area (Å²) in [6.07, 6.45) is 6.23. The van der Waals surface area contributed by atoms with Crippen LogP contribution in [0.15, 0.2) is 72.1 Å². The minimum atomic E-state index is -0.113. The molecular weight excluding hydrogens is 464 g/mol. The highest BCUT2D eigenvalue weighted by molar-refractivity contribution is 7.10. The van der Waals surface area contributed by atoms with E-state index in [0.29, 0.717) is 6.54 Å². The van der Waals surface area contributed by atoms with E-state index < -0.39 is 0 Å². The molecule has 5 heteroatoms. The first kappa shape index (κ1) is 24.5. The van der Waals surface area contributed by atoms with Crippen molar-refractivity contribution in [2.45, 2.75) is 57.5 Å². The summed E-state index contributed by atoms with van der Waals surface area (Å²) < 4.78 is 0. The van der Waals surface area contributed by atoms with Crippen LogP contribution in [0.2, 0.25) is 0 Å². The Balaban J connectivity index is 1.38. The predicted molar refractivity (Wildman–Crippen MR) is 147 cm³/mol. The molecule has 0 spiro atoms. The van der Waals surface area contributed by atoms with Crippen LogP contribution in [0.3, 0.4) is 0 Å². The van der Waals surface area contributed by atoms with Crippen LogP contribution >= 0.6 is 11.3 Å². The van der Waals surface area contributed by atoms with Crippen LogP contribution in [-0.2, 0) is 21.4 Å². The number of fused-ring (bicyclic) bond motifs is 1. The van der Waals surface area contributed by atoms with E-state index in [1.807, 2.05) is 41.3 Å². The van der Waals surface area contributed by atoms with Crippen LogP contribution in [0, 0.1) is 0 Å². The van der Waals surface area contributed by atoms with E-state index >= 15 is 0 Å². The Labute approximate surface area is 218 Å². The number of carbonyl (C=O) groups excluding carboxylic acids is 2. The zero-order valence-corrected chi connectivity index (χ0v) is 22.1. The molecule has 1 aromatic heterocycles. The molecule has 2 heterocycles. The van der Waals surface area contributed by atoms with Gasteiger partial charge < -0.3 is 9.80 Å². The lowest BCUT2D eigenvalue weighted by Gasteiger charge is -2.37. The summed E-state index contributed by atoms with van der Waals surface area (Å²) in [5.41, 5.74) is 4.68. The van der Waals surface area contributed by atoms with E-state index in [2.05, 4.69) is 56.5 Å². The Morgan fingerprint density at radius 2 is 1.75 bits per heavy atom. The van der Waals surface area contributed by atoms with Gasteiger partial charge in [-0.3, -0.25) is 9.59 Å². The summed E-state index contributed by atoms with van der Waals surface area (Å²) >= 11 is 1.77. The normalized spacial score (nSPS) is 17.8. The molecule has 1 saturated carbocycles. The van der Waals surface area contributed by atoms with Gasteiger partial charge in [0.15, 0.2) is 0 Å². The van der Waals surface area contributed by atoms with Gasteiger partial charge in [-0.15, -0.1) is 11.3 Å². The topological polar surface area (TPSA) is 40.6 Å². The maximum Gasteiger partial charge on any atom is 0.247 e. The molecule has 2 aromatic carbocycles. The van der Waals surface area contributed by atoms with Gasteiger partial charge in [0.2, 0.25) is 11.8 Å². The van der Waals surface area contributed by atoms with Gasteiger partial charge in [-0.05, 0) is 64.5 Å². The SMILES string of the molecule is CC(C)(C)c1ccc(C2c3ccsc3CCN2C(=O)CN(C(=O)C=Cc2ccccc2)C2CC2)cc1. The molecule has 0 radical (unpaired) electrons. The molecule has 5 rings (SSSR count). The Morgan fingerprint density at radius 3 is 2.42 bits per heavy atom. The van der Waals surface area contributed by atoms with Crippen molar-refractivity contribution in [2.75, 3.05) is 13.1 Å². The Kier molecular flexibility index (Phi) is 6.85. The second kappa shape index (κ2) is 10.1. The Hall–Kier alpha value is -3.18. The van der Waals surface area contributed by atoms with Crippen LogP contribution in [0.5, 0.6) is 0 Å². The van der Waals surface area contributed by atoms with Crippen LogP contribution < -0.4 is 0 Å². The van der Waals surface area contributed by atoms with E-state index in [-0.39, 0.29) is 35.9 Å². The molecule has 0 saturated heterocycles. The number of benzene rings is 2. The van der Waals surface area contributed by atoms with Gasteiger partial charge in [0.05, 0.1) is 6.04 Å². The van der Waals surface area contributed by atoms with Crippen molar-refractivity contribution in [2.24, 2.45) is 0 Å². The van der Waals surface area contributed by atoms with Crippen molar-refractivity contribution in [3.05, 3.63) is 99.3 Å². The van der Waals surface area contributed by atoms with E-state index in [1.54, 1.807) is 22.3 Å². The molecule has 36 heavy (non-hydrogen) atoms. The first-order chi connectivity index (χ1) is 17.3. The van der Waals surface area contributed by atoms with Gasteiger partial charge in [0, 0.05) is 23.5 Å². The number of amides is 2. The van der Waals surface area contributed by atoms with Crippen molar-refractivity contribution in [3.8, 4) is 0 Å². The average Bonchev–Trinajstić information content (AvgIpc) is 3.61. The third-order valence-corrected chi connectivity index (χ3v) is 8.17. The van der Waals surface area contributed by atoms with E-state index in [1.165, 1.54) is 16.0 Å². The zero-order chi connectivity index (χ0) is 25.3. The summed E-state index contributed by atoms with van der Waals surface area (Å²) in [4.78, 5) is 32.0. The molecule has 186 valence electrons. The summed E-state index contributed by atoms with van der Waals surface area (Å²) in [6.45, 7) is 7.44. The number of carbonyl (C=O) groups is 2. The van der Waals surface area contributed by atoms with E-state index in [0.717, 1.165) is 30.4 Å². The van der Waals surface area contributed by atoms with E-state index in [9.17, 15) is 9.59 Å². The van der Waals surface area contributed by atoms with Gasteiger partial charge in [0.25, 0.3) is 0 Å². The summed E-state index contributed by atoms with van der Waals surface area (Å²) in [5, 5.41) is 2.13. The quantitative estimate of drug-likeness (QED) is 0.378. The molecule has 1 atom stereocenters. The molecule has 4 nitrogen and oxygen atoms in total. The lowest BCUT2D eigenvalue weighted by atomic mass is 9.85. The number of hydrogen-bond donors (Lipinski definition) is 0. The smallest absolute Gasteiger partial charge is 0.247 e. The highest BCUT2D eigenvalue weighted by atomic mass is 32.1. The number of hydrogen-bond acceptors (Lipinski definition) is 3. The van der Waals surface area contributed by atoms with Gasteiger partial charge in [-0.1, -0.05) is 75.4 Å². The fraction of sp³-hybridized carbons (Fsp3) is 0.355. The van der Waals surface area contributed by atoms with Crippen molar-refractivity contribution in [1.29, 1.82) is 0 Å². The minimum Gasteiger partial charge on any atom is -0.330 e. The van der Waals surface area contributed by atoms with Gasteiger partial charge in [0.1, 0.15) is 6.54 Å². The van der Waals surface area contributed by atoms with Crippen molar-refractivity contribution >= 4 is 29.2 Å². The third-order valence-electron chi connectivity index (χ3n) is 7.17. The molecule has 3 aromatic rings. The van der Waals surface area contributed by atoms with Crippen molar-refractivity contribution in [3.63, 3.8) is 0 Å². The molecule has 0 N–H and O–H groups in total. The number of nitrogens with zero attached hydrogens (tertiary/aromatic N) is 2. The first-order valence-electron chi connectivity index (χ1n) is 12.8. The molecule has 2 aliphatic rings. The van der Waals surface area contributed by atoms with Crippen molar-refractivity contribution < 1.29 is 9.59 Å². The molecule has 0 bridgehead atoms. The molecule has 2 amide bonds. The molecular formula is C31H34N2O2S. The maximum absolute atomic E-state index is 13.8. The second-order valence-corrected chi connectivity index (χ2v) is 11.9. The van der Waals surface area contributed by atoms with Crippen LogP contribution in [0.1, 0.15) is 66.8 Å². The summed E-state index contributed by atoms with van der Waals surface area (Å²) in [6, 6.07) is 20.7. The Bertz CT molecular complexity index is 1250. The fourth-order valence-corrected chi connectivity index (χ4v) is 5.85. The Morgan fingerprint density at radius 1 is 1.03 bits per heavy atom. The highest BCUT2D eigenvalue weighted by Gasteiger charge is 2.37. The van der Waals surface area contributed by atoms with Crippen LogP contribution in [0.25, 0.3) is 6.08 Å². The molecule has 1 aliphatic carbocycles. The number of thiophene rings is 1. The average molecular weight is 499 g/mol. The minimum absolute atomic E-state index is 0.0186. The molecule has 1 unspecified atom stereocenters. The summed E-state index contributed by atoms with van der Waals surface area (Å²) in [5.74, 6) is -0.0703. The first-order valence-corrected chi connectivity index (χ1v) is 13.7.